The second-order valence-corrected chi connectivity index (χ2v) is 20.4. The van der Waals surface area contributed by atoms with Crippen molar-refractivity contribution >= 4 is 34.1 Å². The summed E-state index contributed by atoms with van der Waals surface area (Å²) in [6.45, 7) is 9.61. The molecule has 3 saturated carbocycles. The number of para-hydroxylation sites is 2. The normalized spacial score (nSPS) is 23.1. The van der Waals surface area contributed by atoms with E-state index in [0.29, 0.717) is 11.8 Å². The fourth-order valence-electron chi connectivity index (χ4n) is 12.8. The smallest absolute Gasteiger partial charge is 0.0465 e. The van der Waals surface area contributed by atoms with Crippen LogP contribution in [0.4, 0.5) is 34.1 Å². The SMILES string of the molecule is CC(C)C1CCCC(c2ccc(N(c3ccccc3)c3ccc(C4CC5CCC4C5)cc3)cc2)(c2ccc(N(c3ccccc3)c3ccc4c(c3)C(C)(C)c3ccccc3-4)cc2)C1. The highest BCUT2D eigenvalue weighted by atomic mass is 15.1. The minimum absolute atomic E-state index is 0.0644. The molecule has 0 saturated heterocycles. The summed E-state index contributed by atoms with van der Waals surface area (Å²) in [6, 6.07) is 66.9. The quantitative estimate of drug-likeness (QED) is 0.136. The molecule has 3 fully saturated rings. The number of nitrogens with zero attached hydrogens (tertiary/aromatic N) is 2. The number of anilines is 6. The number of rotatable bonds is 10. The summed E-state index contributed by atoms with van der Waals surface area (Å²) in [5, 5.41) is 0. The van der Waals surface area contributed by atoms with Crippen LogP contribution < -0.4 is 9.80 Å². The molecule has 0 heterocycles. The first-order chi connectivity index (χ1) is 30.8. The van der Waals surface area contributed by atoms with E-state index in [0.717, 1.165) is 24.2 Å². The third-order valence-corrected chi connectivity index (χ3v) is 16.3. The molecule has 5 unspecified atom stereocenters. The van der Waals surface area contributed by atoms with Crippen LogP contribution in [-0.2, 0) is 10.8 Å². The fraction of sp³-hybridized carbons (Fsp3) is 0.311. The van der Waals surface area contributed by atoms with Crippen molar-refractivity contribution in [1.82, 2.24) is 0 Å². The molecule has 2 bridgehead atoms. The average Bonchev–Trinajstić information content (AvgIpc) is 4.03. The molecule has 0 amide bonds. The third-order valence-electron chi connectivity index (χ3n) is 16.3. The molecule has 11 rings (SSSR count). The van der Waals surface area contributed by atoms with Crippen molar-refractivity contribution in [2.75, 3.05) is 9.80 Å². The van der Waals surface area contributed by atoms with Gasteiger partial charge in [0.25, 0.3) is 0 Å². The summed E-state index contributed by atoms with van der Waals surface area (Å²) in [4.78, 5) is 4.90. The highest BCUT2D eigenvalue weighted by Gasteiger charge is 2.42. The molecule has 2 heteroatoms. The van der Waals surface area contributed by atoms with Crippen molar-refractivity contribution in [3.63, 3.8) is 0 Å². The standard InChI is InChI=1S/C61H62N2/c1-42(2)46-14-13-37-61(41-46,47-25-31-52(32-26-47)62(49-15-7-5-8-16-49)51-29-23-44(24-30-51)57-39-43-21-22-45(57)38-43)48-27-33-53(34-28-48)63(50-17-9-6-10-18-50)54-35-36-56-55-19-11-12-20-58(55)60(3,4)59(56)40-54/h5-12,15-20,23-36,40,42-43,45-46,57H,13-14,21-22,37-39,41H2,1-4H3. The molecule has 4 aliphatic rings. The lowest BCUT2D eigenvalue weighted by atomic mass is 9.60. The van der Waals surface area contributed by atoms with Crippen LogP contribution in [-0.4, -0.2) is 0 Å². The summed E-state index contributed by atoms with van der Waals surface area (Å²) in [7, 11) is 0. The molecule has 7 aromatic rings. The van der Waals surface area contributed by atoms with Crippen LogP contribution >= 0.6 is 0 Å². The van der Waals surface area contributed by atoms with Crippen molar-refractivity contribution < 1.29 is 0 Å². The number of benzene rings is 7. The molecule has 7 aromatic carbocycles. The maximum absolute atomic E-state index is 2.46. The van der Waals surface area contributed by atoms with Gasteiger partial charge in [-0.25, -0.2) is 0 Å². The van der Waals surface area contributed by atoms with Gasteiger partial charge in [0.05, 0.1) is 0 Å². The van der Waals surface area contributed by atoms with Crippen LogP contribution in [0.1, 0.15) is 113 Å². The summed E-state index contributed by atoms with van der Waals surface area (Å²) >= 11 is 0. The van der Waals surface area contributed by atoms with Gasteiger partial charge in [-0.2, -0.15) is 0 Å². The molecule has 0 radical (unpaired) electrons. The third kappa shape index (κ3) is 7.02. The van der Waals surface area contributed by atoms with Gasteiger partial charge >= 0.3 is 0 Å². The Kier molecular flexibility index (Phi) is 10.2. The van der Waals surface area contributed by atoms with E-state index >= 15 is 0 Å². The van der Waals surface area contributed by atoms with Crippen molar-refractivity contribution in [2.24, 2.45) is 23.7 Å². The molecule has 0 aliphatic heterocycles. The molecule has 0 N–H and O–H groups in total. The predicted octanol–water partition coefficient (Wildman–Crippen LogP) is 17.0. The van der Waals surface area contributed by atoms with Crippen LogP contribution in [0, 0.1) is 23.7 Å². The maximum atomic E-state index is 2.46. The summed E-state index contributed by atoms with van der Waals surface area (Å²) in [5.41, 5.74) is 17.0. The molecule has 0 aromatic heterocycles. The highest BCUT2D eigenvalue weighted by Crippen LogP contribution is 2.54. The van der Waals surface area contributed by atoms with Crippen LogP contribution in [0.15, 0.2) is 176 Å². The van der Waals surface area contributed by atoms with Gasteiger partial charge < -0.3 is 9.80 Å². The summed E-state index contributed by atoms with van der Waals surface area (Å²) < 4.78 is 0. The lowest BCUT2D eigenvalue weighted by molar-refractivity contribution is 0.207. The maximum Gasteiger partial charge on any atom is 0.0465 e. The summed E-state index contributed by atoms with van der Waals surface area (Å²) in [6.07, 6.45) is 10.5. The second-order valence-electron chi connectivity index (χ2n) is 20.4. The first-order valence-electron chi connectivity index (χ1n) is 24.0. The van der Waals surface area contributed by atoms with Gasteiger partial charge in [0.15, 0.2) is 0 Å². The highest BCUT2D eigenvalue weighted by molar-refractivity contribution is 5.85. The van der Waals surface area contributed by atoms with E-state index in [4.69, 9.17) is 0 Å². The van der Waals surface area contributed by atoms with Gasteiger partial charge in [0, 0.05) is 45.0 Å². The zero-order chi connectivity index (χ0) is 42.7. The lowest BCUT2D eigenvalue weighted by Gasteiger charge is -2.44. The van der Waals surface area contributed by atoms with Crippen LogP contribution in [0.3, 0.4) is 0 Å². The Balaban J connectivity index is 0.949. The van der Waals surface area contributed by atoms with E-state index in [1.807, 2.05) is 0 Å². The average molecular weight is 823 g/mol. The zero-order valence-corrected chi connectivity index (χ0v) is 37.7. The van der Waals surface area contributed by atoms with E-state index < -0.39 is 0 Å². The van der Waals surface area contributed by atoms with Crippen molar-refractivity contribution in [3.05, 3.63) is 204 Å². The molecule has 316 valence electrons. The Morgan fingerprint density at radius 1 is 0.492 bits per heavy atom. The van der Waals surface area contributed by atoms with Crippen LogP contribution in [0.25, 0.3) is 11.1 Å². The van der Waals surface area contributed by atoms with Gasteiger partial charge in [0.2, 0.25) is 0 Å². The Hall–Kier alpha value is -5.86. The zero-order valence-electron chi connectivity index (χ0n) is 37.7. The molecule has 2 nitrogen and oxygen atoms in total. The second kappa shape index (κ2) is 16.0. The van der Waals surface area contributed by atoms with Crippen molar-refractivity contribution in [3.8, 4) is 11.1 Å². The topological polar surface area (TPSA) is 6.48 Å². The minimum Gasteiger partial charge on any atom is -0.311 e. The van der Waals surface area contributed by atoms with E-state index in [2.05, 4.69) is 213 Å². The van der Waals surface area contributed by atoms with Crippen LogP contribution in [0.5, 0.6) is 0 Å². The Morgan fingerprint density at radius 2 is 1.02 bits per heavy atom. The van der Waals surface area contributed by atoms with Gasteiger partial charge in [-0.15, -0.1) is 0 Å². The predicted molar refractivity (Wildman–Crippen MR) is 266 cm³/mol. The first-order valence-corrected chi connectivity index (χ1v) is 24.0. The number of fused-ring (bicyclic) bond motifs is 5. The van der Waals surface area contributed by atoms with E-state index in [-0.39, 0.29) is 10.8 Å². The van der Waals surface area contributed by atoms with Crippen LogP contribution in [0.2, 0.25) is 0 Å². The molecule has 0 spiro atoms. The molecular formula is C61H62N2. The van der Waals surface area contributed by atoms with Gasteiger partial charge in [-0.05, 0) is 173 Å². The van der Waals surface area contributed by atoms with Gasteiger partial charge in [-0.3, -0.25) is 0 Å². The fourth-order valence-corrected chi connectivity index (χ4v) is 12.8. The van der Waals surface area contributed by atoms with E-state index in [1.54, 1.807) is 0 Å². The Labute approximate surface area is 376 Å². The Morgan fingerprint density at radius 3 is 1.59 bits per heavy atom. The minimum atomic E-state index is -0.0679. The molecule has 4 aliphatic carbocycles. The van der Waals surface area contributed by atoms with E-state index in [1.165, 1.54) is 118 Å². The number of hydrogen-bond donors (Lipinski definition) is 0. The van der Waals surface area contributed by atoms with Gasteiger partial charge in [0.1, 0.15) is 0 Å². The first kappa shape index (κ1) is 40.0. The van der Waals surface area contributed by atoms with Crippen molar-refractivity contribution in [2.45, 2.75) is 95.8 Å². The van der Waals surface area contributed by atoms with Gasteiger partial charge in [-0.1, -0.05) is 150 Å². The number of hydrogen-bond acceptors (Lipinski definition) is 2. The molecule has 5 atom stereocenters. The van der Waals surface area contributed by atoms with Crippen molar-refractivity contribution in [1.29, 1.82) is 0 Å². The molecular weight excluding hydrogens is 761 g/mol. The Bertz CT molecular complexity index is 2700. The lowest BCUT2D eigenvalue weighted by Crippen LogP contribution is -2.36. The van der Waals surface area contributed by atoms with E-state index in [9.17, 15) is 0 Å². The largest absolute Gasteiger partial charge is 0.311 e. The summed E-state index contributed by atoms with van der Waals surface area (Å²) in [5.74, 6) is 3.89. The molecule has 63 heavy (non-hydrogen) atoms. The monoisotopic (exact) mass is 822 g/mol.